The van der Waals surface area contributed by atoms with Gasteiger partial charge in [0, 0.05) is 0 Å². The fourth-order valence-electron chi connectivity index (χ4n) is 4.24. The molecule has 0 bridgehead atoms. The molecular formula is C28H36. The summed E-state index contributed by atoms with van der Waals surface area (Å²) < 4.78 is 0. The minimum atomic E-state index is 0. The largest absolute Gasteiger partial charge is 0.0908 e. The maximum atomic E-state index is 4.51. The van der Waals surface area contributed by atoms with E-state index >= 15 is 0 Å². The zero-order chi connectivity index (χ0) is 19.2. The van der Waals surface area contributed by atoms with Gasteiger partial charge in [0.1, 0.15) is 0 Å². The van der Waals surface area contributed by atoms with Crippen LogP contribution in [0.3, 0.4) is 0 Å². The molecule has 0 heterocycles. The Balaban J connectivity index is 0.000000660. The van der Waals surface area contributed by atoms with Crippen LogP contribution < -0.4 is 0 Å². The smallest absolute Gasteiger partial charge is 0.00521 e. The zero-order valence-corrected chi connectivity index (χ0v) is 17.0. The van der Waals surface area contributed by atoms with Crippen LogP contribution in [0.25, 0.3) is 17.7 Å². The maximum Gasteiger partial charge on any atom is -0.00521 e. The summed E-state index contributed by atoms with van der Waals surface area (Å²) in [5, 5.41) is 0. The zero-order valence-electron chi connectivity index (χ0n) is 17.0. The van der Waals surface area contributed by atoms with Crippen LogP contribution in [0.15, 0.2) is 66.8 Å². The maximum absolute atomic E-state index is 4.51. The molecule has 2 unspecified atom stereocenters. The Hall–Kier alpha value is -2.34. The lowest BCUT2D eigenvalue weighted by Gasteiger charge is -2.34. The molecule has 0 saturated carbocycles. The fourth-order valence-corrected chi connectivity index (χ4v) is 4.24. The Kier molecular flexibility index (Phi) is 8.05. The Morgan fingerprint density at radius 2 is 1.57 bits per heavy atom. The first kappa shape index (κ1) is 22.0. The van der Waals surface area contributed by atoms with E-state index in [9.17, 15) is 0 Å². The number of hydrogen-bond acceptors (Lipinski definition) is 0. The highest BCUT2D eigenvalue weighted by atomic mass is 14.3. The molecule has 0 radical (unpaired) electrons. The van der Waals surface area contributed by atoms with Gasteiger partial charge < -0.3 is 0 Å². The van der Waals surface area contributed by atoms with Crippen LogP contribution in [0.1, 0.15) is 69.7 Å². The van der Waals surface area contributed by atoms with Crippen LogP contribution in [0.2, 0.25) is 0 Å². The van der Waals surface area contributed by atoms with Gasteiger partial charge in [0.2, 0.25) is 0 Å². The highest BCUT2D eigenvalue weighted by molar-refractivity contribution is 5.89. The van der Waals surface area contributed by atoms with Crippen molar-refractivity contribution in [2.75, 3.05) is 0 Å². The van der Waals surface area contributed by atoms with E-state index in [1.165, 1.54) is 52.7 Å². The molecule has 4 rings (SSSR count). The van der Waals surface area contributed by atoms with Crippen molar-refractivity contribution in [3.63, 3.8) is 0 Å². The fraction of sp³-hybridized carbons (Fsp3) is 0.357. The van der Waals surface area contributed by atoms with Crippen LogP contribution in [0, 0.1) is 11.8 Å². The molecule has 0 aliphatic heterocycles. The summed E-state index contributed by atoms with van der Waals surface area (Å²) in [6, 6.07) is 17.5. The molecule has 2 atom stereocenters. The molecule has 0 fully saturated rings. The highest BCUT2D eigenvalue weighted by Crippen LogP contribution is 2.43. The Morgan fingerprint density at radius 3 is 2.29 bits per heavy atom. The third-order valence-corrected chi connectivity index (χ3v) is 5.50. The Morgan fingerprint density at radius 1 is 0.929 bits per heavy atom. The van der Waals surface area contributed by atoms with Crippen molar-refractivity contribution in [3.8, 4) is 0 Å². The van der Waals surface area contributed by atoms with E-state index < -0.39 is 0 Å². The van der Waals surface area contributed by atoms with Gasteiger partial charge in [0.25, 0.3) is 0 Å². The van der Waals surface area contributed by atoms with Gasteiger partial charge in [-0.05, 0) is 58.1 Å². The second-order valence-electron chi connectivity index (χ2n) is 7.69. The van der Waals surface area contributed by atoms with E-state index in [-0.39, 0.29) is 7.43 Å². The van der Waals surface area contributed by atoms with Crippen LogP contribution in [-0.2, 0) is 6.42 Å². The Labute approximate surface area is 172 Å². The summed E-state index contributed by atoms with van der Waals surface area (Å²) >= 11 is 0. The standard InChI is InChI=1S/C24H24.C3H8.CH4/c1-3-8-18-13-14-19-9-6-7-12-22(19)17(2)23-15-20-10-4-5-11-21(20)16-24(18)23;1-3-2;/h4-7,9-15,18,24H,2-3,8,16H2,1H3;3H2,1-2H3;1H4/b14-13-;;. The number of benzene rings is 2. The molecule has 2 aliphatic carbocycles. The molecule has 0 heteroatoms. The molecule has 0 amide bonds. The number of fused-ring (bicyclic) bond motifs is 3. The van der Waals surface area contributed by atoms with Gasteiger partial charge >= 0.3 is 0 Å². The van der Waals surface area contributed by atoms with Crippen molar-refractivity contribution in [1.29, 1.82) is 0 Å². The van der Waals surface area contributed by atoms with E-state index in [2.05, 4.69) is 94.1 Å². The second kappa shape index (κ2) is 10.3. The van der Waals surface area contributed by atoms with Crippen molar-refractivity contribution in [1.82, 2.24) is 0 Å². The highest BCUT2D eigenvalue weighted by Gasteiger charge is 2.30. The third-order valence-electron chi connectivity index (χ3n) is 5.50. The van der Waals surface area contributed by atoms with Crippen LogP contribution in [-0.4, -0.2) is 0 Å². The molecule has 0 nitrogen and oxygen atoms in total. The summed E-state index contributed by atoms with van der Waals surface area (Å²) in [5.41, 5.74) is 8.05. The van der Waals surface area contributed by atoms with Gasteiger partial charge in [0.05, 0.1) is 0 Å². The summed E-state index contributed by atoms with van der Waals surface area (Å²) in [7, 11) is 0. The average Bonchev–Trinajstić information content (AvgIpc) is 2.70. The quantitative estimate of drug-likeness (QED) is 0.496. The molecule has 0 saturated heterocycles. The summed E-state index contributed by atoms with van der Waals surface area (Å²) in [4.78, 5) is 0. The number of hydrogen-bond donors (Lipinski definition) is 0. The minimum Gasteiger partial charge on any atom is -0.0908 e. The van der Waals surface area contributed by atoms with Gasteiger partial charge in [-0.15, -0.1) is 0 Å². The van der Waals surface area contributed by atoms with Crippen molar-refractivity contribution >= 4 is 17.7 Å². The molecule has 2 aliphatic rings. The molecule has 2 aromatic rings. The normalized spacial score (nSPS) is 20.5. The van der Waals surface area contributed by atoms with Gasteiger partial charge in [-0.2, -0.15) is 0 Å². The molecule has 28 heavy (non-hydrogen) atoms. The van der Waals surface area contributed by atoms with E-state index in [4.69, 9.17) is 0 Å². The SMILES string of the molecule is C.C=C1C2=Cc3ccccc3CC2C(CCC)/C=C\c2ccccc21.CCC. The lowest BCUT2D eigenvalue weighted by atomic mass is 9.70. The molecule has 0 N–H and O–H groups in total. The van der Waals surface area contributed by atoms with Gasteiger partial charge in [-0.25, -0.2) is 0 Å². The molecule has 0 spiro atoms. The van der Waals surface area contributed by atoms with Crippen molar-refractivity contribution in [3.05, 3.63) is 89.0 Å². The third kappa shape index (κ3) is 4.55. The molecular weight excluding hydrogens is 336 g/mol. The van der Waals surface area contributed by atoms with E-state index in [0.717, 1.165) is 6.42 Å². The van der Waals surface area contributed by atoms with Gasteiger partial charge in [0.15, 0.2) is 0 Å². The number of rotatable bonds is 2. The van der Waals surface area contributed by atoms with Crippen molar-refractivity contribution in [2.24, 2.45) is 11.8 Å². The summed E-state index contributed by atoms with van der Waals surface area (Å²) in [5.74, 6) is 1.12. The van der Waals surface area contributed by atoms with E-state index in [1.807, 2.05) is 0 Å². The van der Waals surface area contributed by atoms with Crippen molar-refractivity contribution < 1.29 is 0 Å². The first-order valence-electron chi connectivity index (χ1n) is 10.5. The van der Waals surface area contributed by atoms with E-state index in [0.29, 0.717) is 11.8 Å². The van der Waals surface area contributed by atoms with Crippen LogP contribution in [0.4, 0.5) is 0 Å². The van der Waals surface area contributed by atoms with Crippen LogP contribution >= 0.6 is 0 Å². The predicted octanol–water partition coefficient (Wildman–Crippen LogP) is 8.45. The summed E-state index contributed by atoms with van der Waals surface area (Å²) in [6.45, 7) is 11.0. The lowest BCUT2D eigenvalue weighted by molar-refractivity contribution is 0.426. The monoisotopic (exact) mass is 372 g/mol. The first-order chi connectivity index (χ1) is 13.2. The molecule has 148 valence electrons. The van der Waals surface area contributed by atoms with Crippen molar-refractivity contribution in [2.45, 2.75) is 53.9 Å². The molecule has 2 aromatic carbocycles. The van der Waals surface area contributed by atoms with Gasteiger partial charge in [-0.3, -0.25) is 0 Å². The minimum absolute atomic E-state index is 0. The Bertz CT molecular complexity index is 850. The molecule has 0 aromatic heterocycles. The van der Waals surface area contributed by atoms with E-state index in [1.54, 1.807) is 0 Å². The van der Waals surface area contributed by atoms with Gasteiger partial charge in [-0.1, -0.05) is 114 Å². The first-order valence-corrected chi connectivity index (χ1v) is 10.5. The topological polar surface area (TPSA) is 0 Å². The number of allylic oxidation sites excluding steroid dienone is 3. The second-order valence-corrected chi connectivity index (χ2v) is 7.69. The predicted molar refractivity (Wildman–Crippen MR) is 127 cm³/mol. The lowest BCUT2D eigenvalue weighted by Crippen LogP contribution is -2.23. The summed E-state index contributed by atoms with van der Waals surface area (Å²) in [6.07, 6.45) is 12.0. The average molecular weight is 373 g/mol. The van der Waals surface area contributed by atoms with Crippen LogP contribution in [0.5, 0.6) is 0 Å².